The largest absolute Gasteiger partial charge is 0.544 e. The first-order chi connectivity index (χ1) is 13.5. The Morgan fingerprint density at radius 2 is 1.14 bits per heavy atom. The zero-order valence-electron chi connectivity index (χ0n) is 16.4. The summed E-state index contributed by atoms with van der Waals surface area (Å²) in [4.78, 5) is 12.1. The summed E-state index contributed by atoms with van der Waals surface area (Å²) in [6, 6.07) is 29.7. The van der Waals surface area contributed by atoms with E-state index in [1.165, 1.54) is 0 Å². The van der Waals surface area contributed by atoms with Crippen molar-refractivity contribution in [3.8, 4) is 0 Å². The van der Waals surface area contributed by atoms with Crippen molar-refractivity contribution in [2.24, 2.45) is 5.92 Å². The second-order valence-corrected chi connectivity index (χ2v) is 7.63. The molecule has 0 bridgehead atoms. The van der Waals surface area contributed by atoms with E-state index in [1.54, 1.807) is 0 Å². The van der Waals surface area contributed by atoms with Crippen molar-refractivity contribution in [3.63, 3.8) is 0 Å². The van der Waals surface area contributed by atoms with Crippen molar-refractivity contribution >= 4 is 5.97 Å². The molecule has 0 aliphatic rings. The number of carboxylic acids is 1. The zero-order valence-corrected chi connectivity index (χ0v) is 16.4. The number of hydrogen-bond donors (Lipinski definition) is 1. The van der Waals surface area contributed by atoms with Crippen molar-refractivity contribution in [3.05, 3.63) is 108 Å². The second-order valence-electron chi connectivity index (χ2n) is 7.63. The van der Waals surface area contributed by atoms with Gasteiger partial charge in [-0.2, -0.15) is 0 Å². The topological polar surface area (TPSA) is 56.7 Å². The van der Waals surface area contributed by atoms with E-state index in [2.05, 4.69) is 36.4 Å². The summed E-state index contributed by atoms with van der Waals surface area (Å²) in [6.07, 6.45) is 0.538. The van der Waals surface area contributed by atoms with Crippen LogP contribution < -0.4 is 10.4 Å². The molecule has 3 rings (SSSR count). The van der Waals surface area contributed by atoms with Crippen LogP contribution >= 0.6 is 0 Å². The molecule has 0 heterocycles. The quantitative estimate of drug-likeness (QED) is 0.617. The summed E-state index contributed by atoms with van der Waals surface area (Å²) < 4.78 is 0. The Kier molecular flexibility index (Phi) is 6.27. The normalized spacial score (nSPS) is 12.7. The van der Waals surface area contributed by atoms with Crippen LogP contribution in [0.2, 0.25) is 0 Å². The second kappa shape index (κ2) is 8.85. The van der Waals surface area contributed by atoms with Crippen LogP contribution in [-0.4, -0.2) is 12.0 Å². The minimum absolute atomic E-state index is 0.249. The van der Waals surface area contributed by atoms with Gasteiger partial charge in [0.25, 0.3) is 0 Å². The van der Waals surface area contributed by atoms with Gasteiger partial charge in [-0.05, 0) is 5.92 Å². The molecule has 0 aliphatic carbocycles. The van der Waals surface area contributed by atoms with Crippen molar-refractivity contribution in [1.29, 1.82) is 0 Å². The van der Waals surface area contributed by atoms with Crippen molar-refractivity contribution in [2.45, 2.75) is 31.8 Å². The number of carbonyl (C=O) groups is 1. The molecular formula is C25H27NO2. The van der Waals surface area contributed by atoms with Gasteiger partial charge in [0.2, 0.25) is 0 Å². The summed E-state index contributed by atoms with van der Waals surface area (Å²) in [7, 11) is 0. The van der Waals surface area contributed by atoms with Gasteiger partial charge in [0.05, 0.1) is 5.97 Å². The number of rotatable bonds is 8. The first-order valence-electron chi connectivity index (χ1n) is 9.77. The minimum atomic E-state index is -1.03. The molecule has 0 unspecified atom stereocenters. The van der Waals surface area contributed by atoms with E-state index in [0.29, 0.717) is 6.42 Å². The third kappa shape index (κ3) is 4.15. The maximum Gasteiger partial charge on any atom is 0.174 e. The van der Waals surface area contributed by atoms with E-state index in [-0.39, 0.29) is 5.92 Å². The van der Waals surface area contributed by atoms with E-state index in [4.69, 9.17) is 0 Å². The fraction of sp³-hybridized carbons (Fsp3) is 0.240. The zero-order chi connectivity index (χ0) is 20.0. The molecule has 0 fully saturated rings. The van der Waals surface area contributed by atoms with Crippen LogP contribution in [-0.2, 0) is 10.3 Å². The molecule has 1 atom stereocenters. The Labute approximate surface area is 167 Å². The Morgan fingerprint density at radius 1 is 0.786 bits per heavy atom. The van der Waals surface area contributed by atoms with Gasteiger partial charge in [0.1, 0.15) is 6.04 Å². The lowest BCUT2D eigenvalue weighted by molar-refractivity contribution is -0.742. The Bertz CT molecular complexity index is 780. The maximum atomic E-state index is 12.1. The van der Waals surface area contributed by atoms with Gasteiger partial charge in [-0.15, -0.1) is 0 Å². The summed E-state index contributed by atoms with van der Waals surface area (Å²) in [5.41, 5.74) is 2.45. The van der Waals surface area contributed by atoms with Crippen molar-refractivity contribution < 1.29 is 15.2 Å². The molecule has 0 radical (unpaired) electrons. The van der Waals surface area contributed by atoms with E-state index < -0.39 is 17.6 Å². The molecule has 0 saturated heterocycles. The molecule has 0 aromatic heterocycles. The van der Waals surface area contributed by atoms with Crippen LogP contribution in [0.1, 0.15) is 37.0 Å². The Balaban J connectivity index is 2.26. The molecule has 0 amide bonds. The fourth-order valence-corrected chi connectivity index (χ4v) is 3.93. The average Bonchev–Trinajstić information content (AvgIpc) is 2.72. The van der Waals surface area contributed by atoms with Gasteiger partial charge >= 0.3 is 0 Å². The third-order valence-corrected chi connectivity index (χ3v) is 5.17. The van der Waals surface area contributed by atoms with Crippen LogP contribution in [0.4, 0.5) is 0 Å². The molecule has 3 heteroatoms. The molecular weight excluding hydrogens is 346 g/mol. The smallest absolute Gasteiger partial charge is 0.174 e. The van der Waals surface area contributed by atoms with Crippen LogP contribution in [0.5, 0.6) is 0 Å². The first-order valence-corrected chi connectivity index (χ1v) is 9.77. The van der Waals surface area contributed by atoms with E-state index in [9.17, 15) is 9.90 Å². The lowest BCUT2D eigenvalue weighted by Gasteiger charge is -2.37. The lowest BCUT2D eigenvalue weighted by atomic mass is 9.76. The number of benzene rings is 3. The van der Waals surface area contributed by atoms with Gasteiger partial charge in [-0.25, -0.2) is 0 Å². The predicted molar refractivity (Wildman–Crippen MR) is 109 cm³/mol. The Hall–Kier alpha value is -2.91. The van der Waals surface area contributed by atoms with E-state index >= 15 is 0 Å². The molecule has 0 aliphatic heterocycles. The lowest BCUT2D eigenvalue weighted by Crippen LogP contribution is -3.02. The van der Waals surface area contributed by atoms with E-state index in [0.717, 1.165) is 16.7 Å². The Morgan fingerprint density at radius 3 is 1.43 bits per heavy atom. The number of quaternary nitrogens is 1. The molecule has 144 valence electrons. The molecule has 3 aromatic rings. The molecule has 3 aromatic carbocycles. The SMILES string of the molecule is CC(C)C[C@@H]([NH2+]C(c1ccccc1)(c1ccccc1)c1ccccc1)C(=O)[O-]. The predicted octanol–water partition coefficient (Wildman–Crippen LogP) is 2.71. The van der Waals surface area contributed by atoms with Crippen LogP contribution in [0, 0.1) is 5.92 Å². The molecule has 0 saturated carbocycles. The monoisotopic (exact) mass is 373 g/mol. The summed E-state index contributed by atoms with van der Waals surface area (Å²) >= 11 is 0. The fourth-order valence-electron chi connectivity index (χ4n) is 3.93. The number of nitrogens with two attached hydrogens (primary N) is 1. The number of aliphatic carboxylic acids is 1. The molecule has 2 N–H and O–H groups in total. The first kappa shape index (κ1) is 19.8. The van der Waals surface area contributed by atoms with Gasteiger partial charge in [0.15, 0.2) is 5.54 Å². The number of carboxylic acid groups (broad SMARTS) is 1. The van der Waals surface area contributed by atoms with Gasteiger partial charge in [-0.1, -0.05) is 105 Å². The number of hydrogen-bond acceptors (Lipinski definition) is 2. The van der Waals surface area contributed by atoms with Crippen LogP contribution in [0.25, 0.3) is 0 Å². The van der Waals surface area contributed by atoms with Gasteiger partial charge < -0.3 is 15.2 Å². The highest BCUT2D eigenvalue weighted by Crippen LogP contribution is 2.33. The van der Waals surface area contributed by atoms with Gasteiger partial charge in [-0.3, -0.25) is 0 Å². The van der Waals surface area contributed by atoms with Crippen LogP contribution in [0.3, 0.4) is 0 Å². The van der Waals surface area contributed by atoms with Crippen molar-refractivity contribution in [2.75, 3.05) is 0 Å². The maximum absolute atomic E-state index is 12.1. The van der Waals surface area contributed by atoms with Gasteiger partial charge in [0, 0.05) is 23.1 Å². The van der Waals surface area contributed by atoms with Crippen LogP contribution in [0.15, 0.2) is 91.0 Å². The highest BCUT2D eigenvalue weighted by molar-refractivity contribution is 5.69. The van der Waals surface area contributed by atoms with Crippen molar-refractivity contribution in [1.82, 2.24) is 0 Å². The standard InChI is InChI=1S/C25H27NO2/c1-19(2)18-23(24(27)28)26-25(20-12-6-3-7-13-20,21-14-8-4-9-15-21)22-16-10-5-11-17-22/h3-17,19,23,26H,18H2,1-2H3,(H,27,28)/t23-/m1/s1. The molecule has 0 spiro atoms. The minimum Gasteiger partial charge on any atom is -0.544 e. The highest BCUT2D eigenvalue weighted by Gasteiger charge is 2.42. The van der Waals surface area contributed by atoms with E-state index in [1.807, 2.05) is 73.8 Å². The highest BCUT2D eigenvalue weighted by atomic mass is 16.4. The summed E-state index contributed by atoms with van der Waals surface area (Å²) in [6.45, 7) is 4.08. The molecule has 3 nitrogen and oxygen atoms in total. The molecule has 28 heavy (non-hydrogen) atoms. The average molecular weight is 373 g/mol. The summed E-state index contributed by atoms with van der Waals surface area (Å²) in [5.74, 6) is -0.778. The summed E-state index contributed by atoms with van der Waals surface area (Å²) in [5, 5.41) is 14.0. The third-order valence-electron chi connectivity index (χ3n) is 5.17. The number of carbonyl (C=O) groups excluding carboxylic acids is 1.